The lowest BCUT2D eigenvalue weighted by molar-refractivity contribution is -0.136. The Kier molecular flexibility index (Phi) is 7.63. The fraction of sp³-hybridized carbons (Fsp3) is 0.160. The number of carbonyl (C=O) groups is 2. The molecule has 0 spiro atoms. The van der Waals surface area contributed by atoms with Crippen LogP contribution in [0, 0.1) is 20.8 Å². The second-order valence-electron chi connectivity index (χ2n) is 7.38. The maximum Gasteiger partial charge on any atom is 0.329 e. The van der Waals surface area contributed by atoms with E-state index in [1.165, 1.54) is 6.21 Å². The molecule has 3 aromatic rings. The van der Waals surface area contributed by atoms with Gasteiger partial charge in [0.2, 0.25) is 0 Å². The minimum atomic E-state index is -0.847. The average molecular weight is 450 g/mol. The summed E-state index contributed by atoms with van der Waals surface area (Å²) in [5.74, 6) is -0.949. The minimum Gasteiger partial charge on any atom is -0.489 e. The van der Waals surface area contributed by atoms with Gasteiger partial charge in [-0.25, -0.2) is 5.43 Å². The molecule has 0 unspecified atom stereocenters. The normalized spacial score (nSPS) is 10.8. The summed E-state index contributed by atoms with van der Waals surface area (Å²) in [7, 11) is 0. The smallest absolute Gasteiger partial charge is 0.329 e. The summed E-state index contributed by atoms with van der Waals surface area (Å²) in [4.78, 5) is 24.2. The van der Waals surface area contributed by atoms with E-state index in [4.69, 9.17) is 16.3 Å². The van der Waals surface area contributed by atoms with Gasteiger partial charge in [-0.3, -0.25) is 9.59 Å². The second-order valence-corrected chi connectivity index (χ2v) is 7.78. The summed E-state index contributed by atoms with van der Waals surface area (Å²) in [5, 5.41) is 7.15. The van der Waals surface area contributed by atoms with E-state index in [1.54, 1.807) is 24.3 Å². The van der Waals surface area contributed by atoms with Crippen molar-refractivity contribution in [2.75, 3.05) is 5.32 Å². The summed E-state index contributed by atoms with van der Waals surface area (Å²) in [6.45, 7) is 6.10. The highest BCUT2D eigenvalue weighted by atomic mass is 35.5. The number of carbonyl (C=O) groups excluding carboxylic acids is 2. The van der Waals surface area contributed by atoms with Crippen LogP contribution in [0.3, 0.4) is 0 Å². The van der Waals surface area contributed by atoms with Gasteiger partial charge in [0.25, 0.3) is 0 Å². The average Bonchev–Trinajstić information content (AvgIpc) is 2.76. The zero-order chi connectivity index (χ0) is 23.1. The molecule has 0 atom stereocenters. The van der Waals surface area contributed by atoms with Crippen LogP contribution in [0.5, 0.6) is 5.75 Å². The van der Waals surface area contributed by atoms with Crippen LogP contribution in [0.1, 0.15) is 27.8 Å². The SMILES string of the molecule is Cc1cc(C)c(NC(=O)C(=O)NN=Cc2ccc(OCc3ccccc3Cl)cc2)c(C)c1. The molecule has 3 rings (SSSR count). The van der Waals surface area contributed by atoms with E-state index >= 15 is 0 Å². The number of ether oxygens (including phenoxy) is 1. The monoisotopic (exact) mass is 449 g/mol. The highest BCUT2D eigenvalue weighted by Crippen LogP contribution is 2.22. The molecule has 2 N–H and O–H groups in total. The molecule has 0 saturated carbocycles. The lowest BCUT2D eigenvalue weighted by Gasteiger charge is -2.12. The van der Waals surface area contributed by atoms with Crippen LogP contribution < -0.4 is 15.5 Å². The molecule has 0 aliphatic rings. The summed E-state index contributed by atoms with van der Waals surface area (Å²) >= 11 is 6.13. The number of nitrogens with one attached hydrogen (secondary N) is 2. The summed E-state index contributed by atoms with van der Waals surface area (Å²) in [6.07, 6.45) is 1.45. The Balaban J connectivity index is 1.51. The van der Waals surface area contributed by atoms with Crippen LogP contribution in [0.2, 0.25) is 5.02 Å². The van der Waals surface area contributed by atoms with Crippen molar-refractivity contribution in [1.82, 2.24) is 5.43 Å². The molecule has 0 fully saturated rings. The van der Waals surface area contributed by atoms with Crippen molar-refractivity contribution >= 4 is 35.3 Å². The van der Waals surface area contributed by atoms with Crippen LogP contribution in [0.4, 0.5) is 5.69 Å². The van der Waals surface area contributed by atoms with E-state index in [0.717, 1.165) is 27.8 Å². The Bertz CT molecular complexity index is 1130. The summed E-state index contributed by atoms with van der Waals surface area (Å²) < 4.78 is 5.73. The molecule has 0 radical (unpaired) electrons. The first-order valence-electron chi connectivity index (χ1n) is 10.0. The van der Waals surface area contributed by atoms with Gasteiger partial charge in [0.15, 0.2) is 0 Å². The maximum atomic E-state index is 12.2. The third-order valence-corrected chi connectivity index (χ3v) is 5.10. The van der Waals surface area contributed by atoms with E-state index in [1.807, 2.05) is 57.2 Å². The number of amides is 2. The zero-order valence-electron chi connectivity index (χ0n) is 18.1. The largest absolute Gasteiger partial charge is 0.489 e. The van der Waals surface area contributed by atoms with E-state index in [9.17, 15) is 9.59 Å². The number of rotatable bonds is 6. The van der Waals surface area contributed by atoms with Gasteiger partial charge in [-0.2, -0.15) is 5.10 Å². The minimum absolute atomic E-state index is 0.359. The number of hydrogen-bond acceptors (Lipinski definition) is 4. The van der Waals surface area contributed by atoms with E-state index in [0.29, 0.717) is 23.1 Å². The molecule has 0 saturated heterocycles. The number of benzene rings is 3. The highest BCUT2D eigenvalue weighted by Gasteiger charge is 2.15. The molecule has 0 aliphatic heterocycles. The molecule has 3 aromatic carbocycles. The molecular formula is C25H24ClN3O3. The molecule has 7 heteroatoms. The topological polar surface area (TPSA) is 79.8 Å². The van der Waals surface area contributed by atoms with Crippen molar-refractivity contribution in [3.8, 4) is 5.75 Å². The number of halogens is 1. The van der Waals surface area contributed by atoms with Gasteiger partial charge in [-0.1, -0.05) is 47.5 Å². The maximum absolute atomic E-state index is 12.2. The molecular weight excluding hydrogens is 426 g/mol. The Hall–Kier alpha value is -3.64. The number of nitrogens with zero attached hydrogens (tertiary/aromatic N) is 1. The summed E-state index contributed by atoms with van der Waals surface area (Å²) in [6, 6.07) is 18.5. The van der Waals surface area contributed by atoms with Gasteiger partial charge in [0, 0.05) is 16.3 Å². The number of aryl methyl sites for hydroxylation is 3. The van der Waals surface area contributed by atoms with E-state index in [-0.39, 0.29) is 0 Å². The van der Waals surface area contributed by atoms with Gasteiger partial charge < -0.3 is 10.1 Å². The van der Waals surface area contributed by atoms with Gasteiger partial charge in [-0.15, -0.1) is 0 Å². The fourth-order valence-electron chi connectivity index (χ4n) is 3.19. The predicted molar refractivity (Wildman–Crippen MR) is 127 cm³/mol. The fourth-order valence-corrected chi connectivity index (χ4v) is 3.38. The third-order valence-electron chi connectivity index (χ3n) is 4.73. The molecule has 2 amide bonds. The molecule has 164 valence electrons. The number of anilines is 1. The molecule has 0 bridgehead atoms. The van der Waals surface area contributed by atoms with Gasteiger partial charge in [0.1, 0.15) is 12.4 Å². The Morgan fingerprint density at radius 2 is 1.62 bits per heavy atom. The second kappa shape index (κ2) is 10.6. The van der Waals surface area contributed by atoms with Crippen LogP contribution in [-0.2, 0) is 16.2 Å². The first kappa shape index (κ1) is 23.0. The Morgan fingerprint density at radius 1 is 0.969 bits per heavy atom. The van der Waals surface area contributed by atoms with Crippen LogP contribution in [0.15, 0.2) is 65.8 Å². The van der Waals surface area contributed by atoms with Gasteiger partial charge in [0.05, 0.1) is 6.21 Å². The molecule has 0 aromatic heterocycles. The summed E-state index contributed by atoms with van der Waals surface area (Å²) in [5.41, 5.74) is 7.39. The third kappa shape index (κ3) is 6.18. The lowest BCUT2D eigenvalue weighted by atomic mass is 10.1. The molecule has 0 aliphatic carbocycles. The Morgan fingerprint density at radius 3 is 2.28 bits per heavy atom. The van der Waals surface area contributed by atoms with E-state index < -0.39 is 11.8 Å². The quantitative estimate of drug-likeness (QED) is 0.318. The Labute approximate surface area is 192 Å². The standard InChI is InChI=1S/C25H24ClN3O3/c1-16-12-17(2)23(18(3)13-16)28-24(30)25(31)29-27-14-19-8-10-21(11-9-19)32-15-20-6-4-5-7-22(20)26/h4-14H,15H2,1-3H3,(H,28,30)(H,29,31). The van der Waals surface area contributed by atoms with Crippen molar-refractivity contribution in [3.05, 3.63) is 93.5 Å². The van der Waals surface area contributed by atoms with Crippen LogP contribution in [0.25, 0.3) is 0 Å². The first-order valence-corrected chi connectivity index (χ1v) is 10.4. The van der Waals surface area contributed by atoms with Crippen molar-refractivity contribution in [2.24, 2.45) is 5.10 Å². The van der Waals surface area contributed by atoms with Crippen molar-refractivity contribution in [2.45, 2.75) is 27.4 Å². The lowest BCUT2D eigenvalue weighted by Crippen LogP contribution is -2.32. The van der Waals surface area contributed by atoms with Crippen molar-refractivity contribution in [1.29, 1.82) is 0 Å². The van der Waals surface area contributed by atoms with Crippen molar-refractivity contribution < 1.29 is 14.3 Å². The highest BCUT2D eigenvalue weighted by molar-refractivity contribution is 6.39. The molecule has 0 heterocycles. The van der Waals surface area contributed by atoms with E-state index in [2.05, 4.69) is 15.8 Å². The predicted octanol–water partition coefficient (Wildman–Crippen LogP) is 4.93. The molecule has 32 heavy (non-hydrogen) atoms. The van der Waals surface area contributed by atoms with Crippen LogP contribution >= 0.6 is 11.6 Å². The zero-order valence-corrected chi connectivity index (χ0v) is 18.9. The molecule has 6 nitrogen and oxygen atoms in total. The van der Waals surface area contributed by atoms with Gasteiger partial charge >= 0.3 is 11.8 Å². The first-order chi connectivity index (χ1) is 15.3. The van der Waals surface area contributed by atoms with Crippen LogP contribution in [-0.4, -0.2) is 18.0 Å². The number of hydrazone groups is 1. The van der Waals surface area contributed by atoms with Gasteiger partial charge in [-0.05, 0) is 67.8 Å². The number of hydrogen-bond donors (Lipinski definition) is 2. The van der Waals surface area contributed by atoms with Crippen molar-refractivity contribution in [3.63, 3.8) is 0 Å².